The van der Waals surface area contributed by atoms with Gasteiger partial charge in [0.25, 0.3) is 0 Å². The van der Waals surface area contributed by atoms with Crippen LogP contribution in [0.3, 0.4) is 0 Å². The monoisotopic (exact) mass is 364 g/mol. The van der Waals surface area contributed by atoms with Gasteiger partial charge < -0.3 is 0 Å². The molecule has 0 N–H and O–H groups in total. The third-order valence-electron chi connectivity index (χ3n) is 1.62. The Hall–Kier alpha value is 0.0900. The molecule has 0 saturated heterocycles. The fraction of sp³-hybridized carbons (Fsp3) is 0.111. The van der Waals surface area contributed by atoms with Crippen molar-refractivity contribution in [1.29, 1.82) is 0 Å². The van der Waals surface area contributed by atoms with Gasteiger partial charge in [0.1, 0.15) is 0 Å². The first-order valence-electron chi connectivity index (χ1n) is 4.10. The molecule has 15 heavy (non-hydrogen) atoms. The van der Waals surface area contributed by atoms with Crippen LogP contribution in [-0.4, -0.2) is 9.36 Å². The molecule has 0 fully saturated rings. The Morgan fingerprint density at radius 2 is 1.93 bits per heavy atom. The molecule has 0 amide bonds. The van der Waals surface area contributed by atoms with Crippen LogP contribution in [0.5, 0.6) is 0 Å². The zero-order chi connectivity index (χ0) is 10.7. The van der Waals surface area contributed by atoms with Gasteiger partial charge in [-0.3, -0.25) is 0 Å². The summed E-state index contributed by atoms with van der Waals surface area (Å²) < 4.78 is 6.14. The van der Waals surface area contributed by atoms with Crippen LogP contribution in [0, 0.1) is 0 Å². The van der Waals surface area contributed by atoms with E-state index >= 15 is 0 Å². The van der Waals surface area contributed by atoms with Crippen molar-refractivity contribution in [1.82, 2.24) is 9.36 Å². The van der Waals surface area contributed by atoms with E-state index in [2.05, 4.69) is 53.4 Å². The Kier molecular flexibility index (Phi) is 4.19. The van der Waals surface area contributed by atoms with Crippen molar-refractivity contribution in [3.63, 3.8) is 0 Å². The highest BCUT2D eigenvalue weighted by atomic mass is 79.9. The van der Waals surface area contributed by atoms with Gasteiger partial charge in [0.2, 0.25) is 0 Å². The fourth-order valence-corrected chi connectivity index (χ4v) is 2.92. The number of hydrogen-bond acceptors (Lipinski definition) is 4. The molecule has 0 aliphatic rings. The summed E-state index contributed by atoms with van der Waals surface area (Å²) in [6, 6.07) is 8.23. The lowest BCUT2D eigenvalue weighted by molar-refractivity contribution is 1.12. The Morgan fingerprint density at radius 3 is 2.53 bits per heavy atom. The first-order chi connectivity index (χ1) is 7.24. The molecule has 2 nitrogen and oxygen atoms in total. The molecule has 1 aromatic heterocycles. The summed E-state index contributed by atoms with van der Waals surface area (Å²) in [4.78, 5) is 5.46. The highest BCUT2D eigenvalue weighted by Crippen LogP contribution is 2.24. The summed E-state index contributed by atoms with van der Waals surface area (Å²) >= 11 is 9.82. The van der Waals surface area contributed by atoms with Crippen LogP contribution in [0.25, 0.3) is 0 Å². The Morgan fingerprint density at radius 1 is 1.20 bits per heavy atom. The number of halogens is 2. The normalized spacial score (nSPS) is 10.5. The van der Waals surface area contributed by atoms with Crippen molar-refractivity contribution >= 4 is 55.2 Å². The van der Waals surface area contributed by atoms with Crippen molar-refractivity contribution in [2.24, 2.45) is 0 Å². The van der Waals surface area contributed by atoms with Gasteiger partial charge in [0.05, 0.1) is 5.75 Å². The van der Waals surface area contributed by atoms with Crippen molar-refractivity contribution in [3.8, 4) is 0 Å². The van der Waals surface area contributed by atoms with Gasteiger partial charge in [-0.25, -0.2) is 4.98 Å². The summed E-state index contributed by atoms with van der Waals surface area (Å²) in [5.41, 5.74) is 0. The highest BCUT2D eigenvalue weighted by molar-refractivity contribution is 9.11. The Labute approximate surface area is 113 Å². The van der Waals surface area contributed by atoms with Crippen molar-refractivity contribution < 1.29 is 0 Å². The molecule has 6 heteroatoms. The smallest absolute Gasteiger partial charge is 0.179 e. The number of aromatic nitrogens is 2. The topological polar surface area (TPSA) is 25.8 Å². The standard InChI is InChI=1S/C9H6Br2N2S2/c10-6-1-3-7(4-2-6)14-5-8-12-9(11)15-13-8/h1-4H,5H2. The molecule has 0 atom stereocenters. The number of nitrogens with zero attached hydrogens (tertiary/aromatic N) is 2. The maximum atomic E-state index is 4.24. The van der Waals surface area contributed by atoms with Crippen LogP contribution in [0.15, 0.2) is 37.6 Å². The first-order valence-corrected chi connectivity index (χ1v) is 7.45. The van der Waals surface area contributed by atoms with Crippen LogP contribution in [0.1, 0.15) is 5.82 Å². The lowest BCUT2D eigenvalue weighted by Crippen LogP contribution is -1.82. The van der Waals surface area contributed by atoms with Crippen molar-refractivity contribution in [3.05, 3.63) is 38.5 Å². The van der Waals surface area contributed by atoms with Gasteiger partial charge in [0.15, 0.2) is 9.74 Å². The predicted molar refractivity (Wildman–Crippen MR) is 71.3 cm³/mol. The van der Waals surface area contributed by atoms with Crippen LogP contribution in [0.4, 0.5) is 0 Å². The second-order valence-electron chi connectivity index (χ2n) is 2.71. The lowest BCUT2D eigenvalue weighted by atomic mass is 10.4. The van der Waals surface area contributed by atoms with Crippen LogP contribution >= 0.6 is 55.2 Å². The fourth-order valence-electron chi connectivity index (χ4n) is 0.970. The molecule has 2 rings (SSSR count). The van der Waals surface area contributed by atoms with E-state index in [1.165, 1.54) is 16.4 Å². The second-order valence-corrected chi connectivity index (χ2v) is 6.70. The summed E-state index contributed by atoms with van der Waals surface area (Å²) in [5, 5.41) is 0. The minimum absolute atomic E-state index is 0.809. The van der Waals surface area contributed by atoms with Gasteiger partial charge in [-0.05, 0) is 51.7 Å². The number of thioether (sulfide) groups is 1. The summed E-state index contributed by atoms with van der Waals surface area (Å²) in [6.07, 6.45) is 0. The molecule has 0 aliphatic heterocycles. The van der Waals surface area contributed by atoms with E-state index in [-0.39, 0.29) is 0 Å². The third kappa shape index (κ3) is 3.55. The first kappa shape index (κ1) is 11.6. The third-order valence-corrected chi connectivity index (χ3v) is 4.32. The van der Waals surface area contributed by atoms with Crippen LogP contribution in [-0.2, 0) is 5.75 Å². The molecule has 1 heterocycles. The van der Waals surface area contributed by atoms with Gasteiger partial charge >= 0.3 is 0 Å². The lowest BCUT2D eigenvalue weighted by Gasteiger charge is -1.98. The zero-order valence-electron chi connectivity index (χ0n) is 7.48. The number of rotatable bonds is 3. The minimum atomic E-state index is 0.809. The molecule has 2 aromatic rings. The second kappa shape index (κ2) is 5.43. The van der Waals surface area contributed by atoms with Crippen molar-refractivity contribution in [2.45, 2.75) is 10.6 Å². The largest absolute Gasteiger partial charge is 0.212 e. The van der Waals surface area contributed by atoms with E-state index in [9.17, 15) is 0 Å². The van der Waals surface area contributed by atoms with Gasteiger partial charge in [0, 0.05) is 9.37 Å². The molecule has 0 unspecified atom stereocenters. The molecule has 1 aromatic carbocycles. The van der Waals surface area contributed by atoms with E-state index < -0.39 is 0 Å². The molecular weight excluding hydrogens is 360 g/mol. The van der Waals surface area contributed by atoms with Crippen LogP contribution < -0.4 is 0 Å². The van der Waals surface area contributed by atoms with E-state index in [1.807, 2.05) is 12.1 Å². The van der Waals surface area contributed by atoms with Crippen molar-refractivity contribution in [2.75, 3.05) is 0 Å². The molecule has 0 radical (unpaired) electrons. The number of benzene rings is 1. The highest BCUT2D eigenvalue weighted by Gasteiger charge is 2.02. The molecular formula is C9H6Br2N2S2. The quantitative estimate of drug-likeness (QED) is 0.756. The average molecular weight is 366 g/mol. The Bertz CT molecular complexity index is 442. The number of hydrogen-bond donors (Lipinski definition) is 0. The summed E-state index contributed by atoms with van der Waals surface area (Å²) in [5.74, 6) is 1.68. The van der Waals surface area contributed by atoms with Crippen LogP contribution in [0.2, 0.25) is 0 Å². The molecule has 0 spiro atoms. The molecule has 78 valence electrons. The minimum Gasteiger partial charge on any atom is -0.212 e. The van der Waals surface area contributed by atoms with E-state index in [1.54, 1.807) is 11.8 Å². The van der Waals surface area contributed by atoms with E-state index in [0.717, 1.165) is 20.0 Å². The zero-order valence-corrected chi connectivity index (χ0v) is 12.3. The van der Waals surface area contributed by atoms with Gasteiger partial charge in [-0.2, -0.15) is 4.37 Å². The molecule has 0 aliphatic carbocycles. The molecule has 0 bridgehead atoms. The van der Waals surface area contributed by atoms with Gasteiger partial charge in [-0.15, -0.1) is 11.8 Å². The SMILES string of the molecule is Brc1ccc(SCc2nsc(Br)n2)cc1. The van der Waals surface area contributed by atoms with E-state index in [4.69, 9.17) is 0 Å². The predicted octanol–water partition coefficient (Wildman–Crippen LogP) is 4.36. The summed E-state index contributed by atoms with van der Waals surface area (Å²) in [7, 11) is 0. The molecule has 0 saturated carbocycles. The Balaban J connectivity index is 1.96. The summed E-state index contributed by atoms with van der Waals surface area (Å²) in [6.45, 7) is 0. The maximum Gasteiger partial charge on any atom is 0.179 e. The van der Waals surface area contributed by atoms with E-state index in [0.29, 0.717) is 0 Å². The van der Waals surface area contributed by atoms with Gasteiger partial charge in [-0.1, -0.05) is 15.9 Å². The average Bonchev–Trinajstić information content (AvgIpc) is 2.64. The maximum absolute atomic E-state index is 4.24.